The monoisotopic (exact) mass is 589 g/mol. The molecule has 5 rings (SSSR count). The minimum Gasteiger partial charge on any atom is -0.345 e. The molecule has 1 aliphatic carbocycles. The number of carbonyl (C=O) groups is 2. The number of tetrazole rings is 1. The fourth-order valence-electron chi connectivity index (χ4n) is 6.60. The smallest absolute Gasteiger partial charge is 0.275 e. The van der Waals surface area contributed by atoms with Crippen molar-refractivity contribution in [2.75, 3.05) is 0 Å². The maximum Gasteiger partial charge on any atom is 0.275 e. The molecule has 1 spiro atoms. The number of nitrogens with zero attached hydrogens (tertiary/aromatic N) is 5. The maximum absolute atomic E-state index is 14.5. The van der Waals surface area contributed by atoms with E-state index in [9.17, 15) is 9.59 Å². The van der Waals surface area contributed by atoms with Crippen molar-refractivity contribution < 1.29 is 9.59 Å². The van der Waals surface area contributed by atoms with Crippen LogP contribution in [0.1, 0.15) is 100 Å². The molecule has 1 saturated carbocycles. The van der Waals surface area contributed by atoms with Gasteiger partial charge in [0.25, 0.3) is 11.8 Å². The van der Waals surface area contributed by atoms with E-state index in [0.29, 0.717) is 34.0 Å². The van der Waals surface area contributed by atoms with Crippen LogP contribution in [0.3, 0.4) is 0 Å². The average Bonchev–Trinajstić information content (AvgIpc) is 3.53. The van der Waals surface area contributed by atoms with Crippen molar-refractivity contribution in [1.82, 2.24) is 30.8 Å². The Labute approximate surface area is 252 Å². The molecule has 0 bridgehead atoms. The zero-order valence-corrected chi connectivity index (χ0v) is 25.8. The molecule has 9 nitrogen and oxygen atoms in total. The largest absolute Gasteiger partial charge is 0.345 e. The Kier molecular flexibility index (Phi) is 8.51. The van der Waals surface area contributed by atoms with Gasteiger partial charge in [0.05, 0.1) is 12.6 Å². The van der Waals surface area contributed by atoms with Gasteiger partial charge in [-0.15, -0.1) is 10.2 Å². The van der Waals surface area contributed by atoms with Crippen molar-refractivity contribution in [1.29, 1.82) is 0 Å². The van der Waals surface area contributed by atoms with Crippen molar-refractivity contribution in [3.63, 3.8) is 0 Å². The van der Waals surface area contributed by atoms with Crippen LogP contribution in [0.5, 0.6) is 0 Å². The highest BCUT2D eigenvalue weighted by molar-refractivity contribution is 6.47. The van der Waals surface area contributed by atoms with E-state index < -0.39 is 5.66 Å². The second-order valence-electron chi connectivity index (χ2n) is 13.2. The Balaban J connectivity index is 1.51. The van der Waals surface area contributed by atoms with Gasteiger partial charge in [-0.3, -0.25) is 14.6 Å². The van der Waals surface area contributed by atoms with E-state index in [0.717, 1.165) is 43.2 Å². The third-order valence-corrected chi connectivity index (χ3v) is 8.51. The fourth-order valence-corrected chi connectivity index (χ4v) is 6.79. The fraction of sp³-hybridized carbons (Fsp3) is 0.500. The first kappa shape index (κ1) is 29.9. The van der Waals surface area contributed by atoms with E-state index in [1.165, 1.54) is 0 Å². The van der Waals surface area contributed by atoms with Crippen LogP contribution in [-0.2, 0) is 11.3 Å². The lowest BCUT2D eigenvalue weighted by atomic mass is 9.75. The number of hydrogen-bond donors (Lipinski definition) is 2. The number of amides is 2. The Morgan fingerprint density at radius 3 is 2.48 bits per heavy atom. The summed E-state index contributed by atoms with van der Waals surface area (Å²) in [4.78, 5) is 34.7. The molecule has 42 heavy (non-hydrogen) atoms. The van der Waals surface area contributed by atoms with E-state index in [1.807, 2.05) is 48.5 Å². The summed E-state index contributed by atoms with van der Waals surface area (Å²) in [5, 5.41) is 17.1. The summed E-state index contributed by atoms with van der Waals surface area (Å²) in [5.74, 6) is 0.985. The van der Waals surface area contributed by atoms with Crippen LogP contribution in [-0.4, -0.2) is 48.7 Å². The zero-order valence-electron chi connectivity index (χ0n) is 25.0. The Bertz CT molecular complexity index is 1440. The number of aliphatic imine (C=N–C) groups is 1. The maximum atomic E-state index is 14.5. The number of halogens is 1. The molecular formula is C32H40ClN7O2. The zero-order chi connectivity index (χ0) is 30.1. The summed E-state index contributed by atoms with van der Waals surface area (Å²) in [6.45, 7) is 11.4. The van der Waals surface area contributed by atoms with Crippen LogP contribution in [0.15, 0.2) is 53.5 Å². The van der Waals surface area contributed by atoms with Gasteiger partial charge < -0.3 is 10.2 Å². The van der Waals surface area contributed by atoms with E-state index in [1.54, 1.807) is 0 Å². The van der Waals surface area contributed by atoms with Crippen LogP contribution in [0.2, 0.25) is 5.02 Å². The first-order valence-electron chi connectivity index (χ1n) is 14.7. The molecule has 1 aliphatic heterocycles. The minimum atomic E-state index is -0.630. The van der Waals surface area contributed by atoms with Crippen molar-refractivity contribution in [2.45, 2.75) is 85.0 Å². The molecule has 2 amide bonds. The van der Waals surface area contributed by atoms with Gasteiger partial charge in [-0.2, -0.15) is 5.21 Å². The SMILES string of the molecule is CC1CC(C)CC2(C1)N=C(c1cccc(Cl)c1)C(=O)N2[C@H](CCC(C)(C)C)c1ccc(C(=O)NCc2nn[nH]n2)cc1. The predicted octanol–water partition coefficient (Wildman–Crippen LogP) is 6.13. The van der Waals surface area contributed by atoms with Gasteiger partial charge in [0.1, 0.15) is 11.4 Å². The summed E-state index contributed by atoms with van der Waals surface area (Å²) < 4.78 is 0. The highest BCUT2D eigenvalue weighted by Crippen LogP contribution is 2.49. The Morgan fingerprint density at radius 2 is 1.86 bits per heavy atom. The van der Waals surface area contributed by atoms with Crippen LogP contribution in [0, 0.1) is 17.3 Å². The van der Waals surface area contributed by atoms with Crippen molar-refractivity contribution in [3.05, 3.63) is 76.1 Å². The minimum absolute atomic E-state index is 0.0561. The first-order chi connectivity index (χ1) is 19.9. The second-order valence-corrected chi connectivity index (χ2v) is 13.7. The number of aromatic nitrogens is 4. The molecule has 2 N–H and O–H groups in total. The third kappa shape index (κ3) is 6.56. The highest BCUT2D eigenvalue weighted by Gasteiger charge is 2.53. The standard InChI is InChI=1S/C32H40ClN7O2/c1-20-15-21(2)18-32(17-20)35-28(24-7-6-8-25(33)16-24)30(42)40(32)26(13-14-31(3,4)5)22-9-11-23(12-10-22)29(41)34-19-27-36-38-39-37-27/h6-12,16,20-21,26H,13-15,17-19H2,1-5H3,(H,34,41)(H,36,37,38,39)/t20?,21?,26-,32?/m1/s1. The van der Waals surface area contributed by atoms with Gasteiger partial charge in [0.2, 0.25) is 0 Å². The molecule has 2 aromatic carbocycles. The molecule has 0 saturated heterocycles. The molecule has 2 aliphatic rings. The van der Waals surface area contributed by atoms with Crippen molar-refractivity contribution in [2.24, 2.45) is 22.2 Å². The molecule has 3 atom stereocenters. The van der Waals surface area contributed by atoms with E-state index in [4.69, 9.17) is 16.6 Å². The normalized spacial score (nSPS) is 23.2. The first-order valence-corrected chi connectivity index (χ1v) is 15.1. The highest BCUT2D eigenvalue weighted by atomic mass is 35.5. The summed E-state index contributed by atoms with van der Waals surface area (Å²) in [5.41, 5.74) is 2.20. The number of benzene rings is 2. The van der Waals surface area contributed by atoms with Gasteiger partial charge in [-0.05, 0) is 79.2 Å². The molecular weight excluding hydrogens is 550 g/mol. The second kappa shape index (κ2) is 12.0. The molecule has 2 heterocycles. The van der Waals surface area contributed by atoms with Gasteiger partial charge in [-0.1, -0.05) is 75.7 Å². The number of H-pyrrole nitrogens is 1. The van der Waals surface area contributed by atoms with E-state index >= 15 is 0 Å². The molecule has 0 radical (unpaired) electrons. The lowest BCUT2D eigenvalue weighted by Crippen LogP contribution is -2.52. The molecule has 10 heteroatoms. The number of nitrogens with one attached hydrogen (secondary N) is 2. The lowest BCUT2D eigenvalue weighted by Gasteiger charge is -2.47. The van der Waals surface area contributed by atoms with Crippen LogP contribution < -0.4 is 5.32 Å². The Morgan fingerprint density at radius 1 is 1.14 bits per heavy atom. The molecule has 1 aromatic heterocycles. The Hall–Kier alpha value is -3.59. The summed E-state index contributed by atoms with van der Waals surface area (Å²) >= 11 is 6.36. The predicted molar refractivity (Wildman–Crippen MR) is 163 cm³/mol. The molecule has 1 fully saturated rings. The molecule has 3 aromatic rings. The van der Waals surface area contributed by atoms with Crippen LogP contribution in [0.4, 0.5) is 0 Å². The number of hydrogen-bond acceptors (Lipinski definition) is 6. The van der Waals surface area contributed by atoms with Crippen molar-refractivity contribution >= 4 is 29.1 Å². The van der Waals surface area contributed by atoms with Gasteiger partial charge in [0, 0.05) is 16.1 Å². The van der Waals surface area contributed by atoms with Crippen LogP contribution >= 0.6 is 11.6 Å². The topological polar surface area (TPSA) is 116 Å². The number of carbonyl (C=O) groups excluding carboxylic acids is 2. The molecule has 2 unspecified atom stereocenters. The van der Waals surface area contributed by atoms with Crippen molar-refractivity contribution in [3.8, 4) is 0 Å². The molecule has 222 valence electrons. The number of rotatable bonds is 8. The van der Waals surface area contributed by atoms with Gasteiger partial charge in [-0.25, -0.2) is 0 Å². The van der Waals surface area contributed by atoms with E-state index in [-0.39, 0.29) is 29.8 Å². The average molecular weight is 590 g/mol. The quantitative estimate of drug-likeness (QED) is 0.328. The van der Waals surface area contributed by atoms with E-state index in [2.05, 4.69) is 65.5 Å². The lowest BCUT2D eigenvalue weighted by molar-refractivity contribution is -0.134. The third-order valence-electron chi connectivity index (χ3n) is 8.28. The summed E-state index contributed by atoms with van der Waals surface area (Å²) in [6.07, 6.45) is 4.45. The summed E-state index contributed by atoms with van der Waals surface area (Å²) in [7, 11) is 0. The van der Waals surface area contributed by atoms with Gasteiger partial charge >= 0.3 is 0 Å². The van der Waals surface area contributed by atoms with Crippen LogP contribution in [0.25, 0.3) is 0 Å². The van der Waals surface area contributed by atoms with Gasteiger partial charge in [0.15, 0.2) is 5.82 Å². The summed E-state index contributed by atoms with van der Waals surface area (Å²) in [6, 6.07) is 14.8. The number of aromatic amines is 1.